The molecule has 0 spiro atoms. The highest BCUT2D eigenvalue weighted by Gasteiger charge is 2.04. The van der Waals surface area contributed by atoms with Crippen LogP contribution in [0, 0.1) is 0 Å². The largest absolute Gasteiger partial charge is 0.299 e. The third-order valence-electron chi connectivity index (χ3n) is 0.404. The topological polar surface area (TPSA) is 77.2 Å². The van der Waals surface area contributed by atoms with E-state index in [1.54, 1.807) is 0 Å². The summed E-state index contributed by atoms with van der Waals surface area (Å²) >= 11 is 0. The molecule has 48 valence electrons. The van der Waals surface area contributed by atoms with E-state index >= 15 is 0 Å². The number of ketones is 1. The Kier molecular flexibility index (Phi) is 2.12. The zero-order valence-corrected chi connectivity index (χ0v) is 5.23. The van der Waals surface area contributed by atoms with Crippen LogP contribution in [0.4, 0.5) is 0 Å². The predicted octanol–water partition coefficient (Wildman–Crippen LogP) is -1.14. The van der Waals surface area contributed by atoms with Gasteiger partial charge >= 0.3 is 0 Å². The molecule has 0 saturated heterocycles. The molecule has 0 aromatic carbocycles. The molecule has 0 atom stereocenters. The normalized spacial score (nSPS) is 11.2. The van der Waals surface area contributed by atoms with E-state index in [1.165, 1.54) is 6.92 Å². The van der Waals surface area contributed by atoms with E-state index in [0.717, 1.165) is 0 Å². The summed E-state index contributed by atoms with van der Waals surface area (Å²) in [6.07, 6.45) is 0. The molecular formula is C3H7NO3S. The molecule has 0 amide bonds. The van der Waals surface area contributed by atoms with Gasteiger partial charge in [0, 0.05) is 0 Å². The first-order chi connectivity index (χ1) is 3.42. The van der Waals surface area contributed by atoms with Crippen LogP contribution in [0.25, 0.3) is 0 Å². The van der Waals surface area contributed by atoms with Crippen molar-refractivity contribution in [2.75, 3.05) is 5.75 Å². The van der Waals surface area contributed by atoms with Crippen LogP contribution in [0.1, 0.15) is 6.92 Å². The highest BCUT2D eigenvalue weighted by Crippen LogP contribution is 1.76. The smallest absolute Gasteiger partial charge is 0.216 e. The van der Waals surface area contributed by atoms with Crippen molar-refractivity contribution in [1.82, 2.24) is 0 Å². The van der Waals surface area contributed by atoms with E-state index in [2.05, 4.69) is 5.14 Å². The molecule has 0 aliphatic heterocycles. The van der Waals surface area contributed by atoms with E-state index in [-0.39, 0.29) is 0 Å². The lowest BCUT2D eigenvalue weighted by atomic mass is 10.5. The van der Waals surface area contributed by atoms with Crippen LogP contribution in [-0.4, -0.2) is 20.0 Å². The maximum atomic E-state index is 10.0. The van der Waals surface area contributed by atoms with Gasteiger partial charge in [-0.15, -0.1) is 0 Å². The molecule has 8 heavy (non-hydrogen) atoms. The Balaban J connectivity index is 3.95. The maximum absolute atomic E-state index is 10.0. The van der Waals surface area contributed by atoms with E-state index in [0.29, 0.717) is 0 Å². The Labute approximate surface area is 47.7 Å². The highest BCUT2D eigenvalue weighted by atomic mass is 32.2. The van der Waals surface area contributed by atoms with Gasteiger partial charge in [-0.05, 0) is 6.92 Å². The molecule has 0 rings (SSSR count). The van der Waals surface area contributed by atoms with Crippen LogP contribution in [0.15, 0.2) is 0 Å². The number of hydrogen-bond donors (Lipinski definition) is 1. The summed E-state index contributed by atoms with van der Waals surface area (Å²) in [6, 6.07) is 0. The van der Waals surface area contributed by atoms with Crippen LogP contribution < -0.4 is 5.14 Å². The van der Waals surface area contributed by atoms with Crippen LogP contribution in [0.5, 0.6) is 0 Å². The molecule has 0 aliphatic carbocycles. The lowest BCUT2D eigenvalue weighted by Crippen LogP contribution is -2.20. The molecule has 0 saturated carbocycles. The fourth-order valence-electron chi connectivity index (χ4n) is 0.283. The van der Waals surface area contributed by atoms with E-state index in [4.69, 9.17) is 0 Å². The second-order valence-corrected chi connectivity index (χ2v) is 3.12. The fraction of sp³-hybridized carbons (Fsp3) is 0.667. The third-order valence-corrected chi connectivity index (χ3v) is 1.21. The zero-order chi connectivity index (χ0) is 6.78. The Bertz CT molecular complexity index is 181. The Morgan fingerprint density at radius 3 is 2.00 bits per heavy atom. The van der Waals surface area contributed by atoms with Gasteiger partial charge < -0.3 is 0 Å². The summed E-state index contributed by atoms with van der Waals surface area (Å²) in [6.45, 7) is 1.17. The van der Waals surface area contributed by atoms with Crippen molar-refractivity contribution in [3.8, 4) is 0 Å². The summed E-state index contributed by atoms with van der Waals surface area (Å²) in [7, 11) is -3.57. The number of rotatable bonds is 2. The van der Waals surface area contributed by atoms with Crippen molar-refractivity contribution in [2.45, 2.75) is 6.92 Å². The predicted molar refractivity (Wildman–Crippen MR) is 28.7 cm³/mol. The quantitative estimate of drug-likeness (QED) is 0.522. The monoisotopic (exact) mass is 137 g/mol. The lowest BCUT2D eigenvalue weighted by molar-refractivity contribution is -0.114. The molecule has 0 bridgehead atoms. The number of carbonyl (C=O) groups is 1. The molecule has 0 radical (unpaired) electrons. The third kappa shape index (κ3) is 5.58. The summed E-state index contributed by atoms with van der Waals surface area (Å²) in [4.78, 5) is 10.0. The van der Waals surface area contributed by atoms with Gasteiger partial charge in [0.05, 0.1) is 0 Å². The van der Waals surface area contributed by atoms with E-state index < -0.39 is 21.6 Å². The molecule has 0 heterocycles. The number of primary sulfonamides is 1. The van der Waals surface area contributed by atoms with Crippen LogP contribution in [0.3, 0.4) is 0 Å². The highest BCUT2D eigenvalue weighted by molar-refractivity contribution is 7.89. The molecule has 0 aromatic heterocycles. The second-order valence-electron chi connectivity index (χ2n) is 1.51. The first-order valence-electron chi connectivity index (χ1n) is 1.92. The van der Waals surface area contributed by atoms with Gasteiger partial charge in [-0.25, -0.2) is 13.6 Å². The van der Waals surface area contributed by atoms with Crippen LogP contribution in [0.2, 0.25) is 0 Å². The lowest BCUT2D eigenvalue weighted by Gasteiger charge is -1.87. The summed E-state index contributed by atoms with van der Waals surface area (Å²) in [5, 5.41) is 4.49. The average Bonchev–Trinajstić information content (AvgIpc) is 1.21. The molecule has 0 aromatic rings. The number of carbonyl (C=O) groups excluding carboxylic acids is 1. The van der Waals surface area contributed by atoms with Gasteiger partial charge in [0.1, 0.15) is 11.5 Å². The summed E-state index contributed by atoms with van der Waals surface area (Å²) in [5.41, 5.74) is 0. The van der Waals surface area contributed by atoms with Crippen molar-refractivity contribution in [2.24, 2.45) is 5.14 Å². The zero-order valence-electron chi connectivity index (χ0n) is 4.42. The van der Waals surface area contributed by atoms with Gasteiger partial charge in [-0.2, -0.15) is 0 Å². The molecular weight excluding hydrogens is 130 g/mol. The van der Waals surface area contributed by atoms with Crippen molar-refractivity contribution in [3.63, 3.8) is 0 Å². The van der Waals surface area contributed by atoms with Crippen LogP contribution in [-0.2, 0) is 14.8 Å². The minimum Gasteiger partial charge on any atom is -0.299 e. The van der Waals surface area contributed by atoms with E-state index in [1.807, 2.05) is 0 Å². The van der Waals surface area contributed by atoms with Crippen LogP contribution >= 0.6 is 0 Å². The van der Waals surface area contributed by atoms with E-state index in [9.17, 15) is 13.2 Å². The standard InChI is InChI=1S/C3H7NO3S/c1-3(5)2-8(4,6)7/h2H2,1H3,(H2,4,6,7). The minimum atomic E-state index is -3.57. The molecule has 0 unspecified atom stereocenters. The van der Waals surface area contributed by atoms with Crippen molar-refractivity contribution < 1.29 is 13.2 Å². The van der Waals surface area contributed by atoms with Gasteiger partial charge in [-0.3, -0.25) is 4.79 Å². The summed E-state index contributed by atoms with van der Waals surface area (Å²) in [5.74, 6) is -1.000. The van der Waals surface area contributed by atoms with Crippen molar-refractivity contribution >= 4 is 15.8 Å². The number of sulfonamides is 1. The van der Waals surface area contributed by atoms with Gasteiger partial charge in [-0.1, -0.05) is 0 Å². The average molecular weight is 137 g/mol. The Morgan fingerprint density at radius 1 is 1.62 bits per heavy atom. The minimum absolute atomic E-state index is 0.437. The maximum Gasteiger partial charge on any atom is 0.216 e. The van der Waals surface area contributed by atoms with Gasteiger partial charge in [0.15, 0.2) is 0 Å². The number of hydrogen-bond acceptors (Lipinski definition) is 3. The Morgan fingerprint density at radius 2 is 2.00 bits per heavy atom. The number of nitrogens with two attached hydrogens (primary N) is 1. The van der Waals surface area contributed by atoms with Gasteiger partial charge in [0.2, 0.25) is 10.0 Å². The molecule has 4 nitrogen and oxygen atoms in total. The molecule has 0 aliphatic rings. The first-order valence-corrected chi connectivity index (χ1v) is 3.63. The summed E-state index contributed by atoms with van der Waals surface area (Å²) < 4.78 is 20.0. The van der Waals surface area contributed by atoms with Crippen molar-refractivity contribution in [3.05, 3.63) is 0 Å². The first kappa shape index (κ1) is 7.58. The fourth-order valence-corrected chi connectivity index (χ4v) is 0.850. The molecule has 5 heteroatoms. The Hall–Kier alpha value is -0.420. The molecule has 0 fully saturated rings. The van der Waals surface area contributed by atoms with Crippen molar-refractivity contribution in [1.29, 1.82) is 0 Å². The SMILES string of the molecule is CC(=O)CS(N)(=O)=O. The second kappa shape index (κ2) is 2.23. The number of Topliss-reactive ketones (excluding diaryl/α,β-unsaturated/α-hetero) is 1. The molecule has 2 N–H and O–H groups in total. The van der Waals surface area contributed by atoms with Gasteiger partial charge in [0.25, 0.3) is 0 Å².